The maximum atomic E-state index is 13.7. The molecule has 63 heavy (non-hydrogen) atoms. The van der Waals surface area contributed by atoms with E-state index in [0.717, 1.165) is 75.0 Å². The molecule has 18 nitrogen and oxygen atoms in total. The summed E-state index contributed by atoms with van der Waals surface area (Å²) in [6.07, 6.45) is 11.2. The number of esters is 2. The fourth-order valence-corrected chi connectivity index (χ4v) is 9.64. The van der Waals surface area contributed by atoms with Gasteiger partial charge in [0.2, 0.25) is 17.7 Å². The number of fused-ring (bicyclic) bond motifs is 1. The third-order valence-corrected chi connectivity index (χ3v) is 12.9. The molecular weight excluding hydrogens is 809 g/mol. The Kier molecular flexibility index (Phi) is 12.3. The normalized spacial score (nSPS) is 22.2. The zero-order chi connectivity index (χ0) is 43.5. The number of hydrogen-bond acceptors (Lipinski definition) is 15. The molecule has 3 saturated heterocycles. The smallest absolute Gasteiger partial charge is 0.349 e. The summed E-state index contributed by atoms with van der Waals surface area (Å²) in [5.41, 5.74) is 10.3. The van der Waals surface area contributed by atoms with E-state index in [1.807, 2.05) is 17.0 Å². The maximum absolute atomic E-state index is 13.7. The number of nitrogen functional groups attached to an aromatic ring is 1. The lowest BCUT2D eigenvalue weighted by Gasteiger charge is -2.42. The molecule has 6 heterocycles. The van der Waals surface area contributed by atoms with E-state index < -0.39 is 24.6 Å². The van der Waals surface area contributed by atoms with Crippen LogP contribution in [0.2, 0.25) is 0 Å². The van der Waals surface area contributed by atoms with E-state index in [4.69, 9.17) is 19.9 Å². The molecule has 4 fully saturated rings. The number of aromatic nitrogens is 4. The third kappa shape index (κ3) is 9.22. The SMILES string of the molecule is Nc1nnc(-c2ccccc2OC(=O)COC(=O)CN2CCCCC2)cc1-n1cc(N2CCN(C3CCC(c4cccc5c4OCCN5C4CCC(=O)NC4=O)CC3)CC2=O)cn1. The van der Waals surface area contributed by atoms with Crippen molar-refractivity contribution in [3.05, 3.63) is 66.5 Å². The number of piperazine rings is 1. The largest absolute Gasteiger partial charge is 0.489 e. The van der Waals surface area contributed by atoms with Crippen LogP contribution in [0.25, 0.3) is 16.9 Å². The molecular formula is C45H52N10O8. The predicted molar refractivity (Wildman–Crippen MR) is 230 cm³/mol. The number of nitrogens with one attached hydrogen (secondary N) is 1. The third-order valence-electron chi connectivity index (χ3n) is 12.9. The fourth-order valence-electron chi connectivity index (χ4n) is 9.64. The van der Waals surface area contributed by atoms with Gasteiger partial charge in [-0.2, -0.15) is 5.10 Å². The van der Waals surface area contributed by atoms with Crippen LogP contribution in [-0.4, -0.2) is 131 Å². The van der Waals surface area contributed by atoms with Gasteiger partial charge in [-0.3, -0.25) is 34.3 Å². The molecule has 0 bridgehead atoms. The van der Waals surface area contributed by atoms with Gasteiger partial charge in [0, 0.05) is 31.1 Å². The van der Waals surface area contributed by atoms with Crippen molar-refractivity contribution in [3.63, 3.8) is 0 Å². The van der Waals surface area contributed by atoms with E-state index >= 15 is 0 Å². The van der Waals surface area contributed by atoms with E-state index in [1.54, 1.807) is 52.3 Å². The molecule has 2 aromatic carbocycles. The zero-order valence-electron chi connectivity index (χ0n) is 35.2. The topological polar surface area (TPSA) is 208 Å². The van der Waals surface area contributed by atoms with Crippen molar-refractivity contribution < 1.29 is 38.2 Å². The zero-order valence-corrected chi connectivity index (χ0v) is 35.2. The molecule has 1 aliphatic carbocycles. The molecule has 0 spiro atoms. The van der Waals surface area contributed by atoms with Crippen molar-refractivity contribution in [1.29, 1.82) is 0 Å². The second-order valence-electron chi connectivity index (χ2n) is 16.8. The van der Waals surface area contributed by atoms with Gasteiger partial charge in [-0.15, -0.1) is 10.2 Å². The Labute approximate surface area is 364 Å². The highest BCUT2D eigenvalue weighted by atomic mass is 16.6. The molecule has 9 rings (SSSR count). The minimum Gasteiger partial charge on any atom is -0.489 e. The Morgan fingerprint density at radius 2 is 1.70 bits per heavy atom. The summed E-state index contributed by atoms with van der Waals surface area (Å²) in [6.45, 7) is 3.86. The van der Waals surface area contributed by atoms with E-state index in [1.165, 1.54) is 0 Å². The minimum atomic E-state index is -0.727. The Bertz CT molecular complexity index is 2370. The number of amides is 3. The van der Waals surface area contributed by atoms with Crippen LogP contribution in [0.3, 0.4) is 0 Å². The molecule has 0 radical (unpaired) electrons. The Balaban J connectivity index is 0.800. The molecule has 1 unspecified atom stereocenters. The standard InChI is InChI=1S/C45H52N10O8/c46-44-37(23-34(49-50-44)33-7-2-3-10-38(33)63-42(59)28-62-41(58)27-51-17-4-1-5-18-51)55-25-31(24-47-55)53-20-19-52(26-40(53)57)30-13-11-29(12-14-30)32-8-6-9-35-43(32)61-22-21-54(35)36-15-16-39(56)48-45(36)60/h2-3,6-10,23-25,29-30,36H,1,4-5,11-22,26-28H2,(H2,46,50)(H,48,56,60). The number of hydrogen-bond donors (Lipinski definition) is 2. The van der Waals surface area contributed by atoms with Crippen LogP contribution in [0.15, 0.2) is 60.9 Å². The number of likely N-dealkylation sites (tertiary alicyclic amines) is 1. The first kappa shape index (κ1) is 41.9. The molecule has 4 aromatic rings. The number of ether oxygens (including phenoxy) is 3. The average molecular weight is 861 g/mol. The van der Waals surface area contributed by atoms with Gasteiger partial charge in [-0.25, -0.2) is 9.48 Å². The van der Waals surface area contributed by atoms with Crippen LogP contribution in [-0.2, 0) is 28.7 Å². The number of carbonyl (C=O) groups excluding carboxylic acids is 5. The van der Waals surface area contributed by atoms with Crippen LogP contribution in [0.5, 0.6) is 11.5 Å². The summed E-state index contributed by atoms with van der Waals surface area (Å²) in [5.74, 6) is -0.228. The van der Waals surface area contributed by atoms with Gasteiger partial charge in [0.1, 0.15) is 29.8 Å². The van der Waals surface area contributed by atoms with Crippen molar-refractivity contribution in [2.45, 2.75) is 75.8 Å². The molecule has 3 N–H and O–H groups in total. The lowest BCUT2D eigenvalue weighted by molar-refractivity contribution is -0.154. The van der Waals surface area contributed by atoms with Gasteiger partial charge in [-0.1, -0.05) is 30.7 Å². The van der Waals surface area contributed by atoms with Crippen molar-refractivity contribution in [2.75, 3.05) is 74.6 Å². The number of benzene rings is 2. The second kappa shape index (κ2) is 18.5. The number of nitrogens with zero attached hydrogens (tertiary/aromatic N) is 8. The molecule has 1 saturated carbocycles. The van der Waals surface area contributed by atoms with E-state index in [2.05, 4.69) is 36.5 Å². The average Bonchev–Trinajstić information content (AvgIpc) is 3.79. The molecule has 1 atom stereocenters. The summed E-state index contributed by atoms with van der Waals surface area (Å²) < 4.78 is 18.6. The van der Waals surface area contributed by atoms with Crippen molar-refractivity contribution >= 4 is 46.9 Å². The molecule has 5 aliphatic rings. The number of piperidine rings is 2. The van der Waals surface area contributed by atoms with E-state index in [-0.39, 0.29) is 41.9 Å². The van der Waals surface area contributed by atoms with Crippen LogP contribution >= 0.6 is 0 Å². The Morgan fingerprint density at radius 3 is 2.51 bits per heavy atom. The minimum absolute atomic E-state index is 0.0172. The highest BCUT2D eigenvalue weighted by Crippen LogP contribution is 2.45. The predicted octanol–water partition coefficient (Wildman–Crippen LogP) is 3.23. The number of carbonyl (C=O) groups is 5. The number of rotatable bonds is 11. The van der Waals surface area contributed by atoms with Gasteiger partial charge in [-0.05, 0) is 93.8 Å². The molecule has 3 amide bonds. The van der Waals surface area contributed by atoms with Gasteiger partial charge >= 0.3 is 11.9 Å². The summed E-state index contributed by atoms with van der Waals surface area (Å²) in [4.78, 5) is 71.5. The fraction of sp³-hybridized carbons (Fsp3) is 0.467. The first-order chi connectivity index (χ1) is 30.7. The Hall–Kier alpha value is -6.40. The van der Waals surface area contributed by atoms with Crippen LogP contribution in [0.1, 0.15) is 69.3 Å². The van der Waals surface area contributed by atoms with Crippen molar-refractivity contribution in [1.82, 2.24) is 35.1 Å². The molecule has 18 heteroatoms. The van der Waals surface area contributed by atoms with Gasteiger partial charge < -0.3 is 29.7 Å². The van der Waals surface area contributed by atoms with Crippen molar-refractivity contribution in [2.24, 2.45) is 0 Å². The van der Waals surface area contributed by atoms with Crippen LogP contribution in [0.4, 0.5) is 17.2 Å². The van der Waals surface area contributed by atoms with Crippen molar-refractivity contribution in [3.8, 4) is 28.4 Å². The lowest BCUT2D eigenvalue weighted by Crippen LogP contribution is -2.54. The Morgan fingerprint density at radius 1 is 0.873 bits per heavy atom. The lowest BCUT2D eigenvalue weighted by atomic mass is 9.80. The highest BCUT2D eigenvalue weighted by molar-refractivity contribution is 6.02. The van der Waals surface area contributed by atoms with Crippen LogP contribution in [0, 0.1) is 0 Å². The second-order valence-corrected chi connectivity index (χ2v) is 16.8. The summed E-state index contributed by atoms with van der Waals surface area (Å²) >= 11 is 0. The highest BCUT2D eigenvalue weighted by Gasteiger charge is 2.38. The number of nitrogens with two attached hydrogens (primary N) is 1. The molecule has 2 aromatic heterocycles. The first-order valence-corrected chi connectivity index (χ1v) is 22.0. The summed E-state index contributed by atoms with van der Waals surface area (Å²) in [7, 11) is 0. The quantitative estimate of drug-likeness (QED) is 0.126. The monoisotopic (exact) mass is 860 g/mol. The molecule has 4 aliphatic heterocycles. The number of anilines is 3. The number of para-hydroxylation sites is 2. The van der Waals surface area contributed by atoms with Gasteiger partial charge in [0.15, 0.2) is 12.4 Å². The maximum Gasteiger partial charge on any atom is 0.349 e. The van der Waals surface area contributed by atoms with E-state index in [0.29, 0.717) is 74.2 Å². The summed E-state index contributed by atoms with van der Waals surface area (Å²) in [6, 6.07) is 14.6. The van der Waals surface area contributed by atoms with Crippen LogP contribution < -0.4 is 30.3 Å². The van der Waals surface area contributed by atoms with Gasteiger partial charge in [0.25, 0.3) is 0 Å². The van der Waals surface area contributed by atoms with E-state index in [9.17, 15) is 24.0 Å². The summed E-state index contributed by atoms with van der Waals surface area (Å²) in [5, 5.41) is 15.5. The molecule has 330 valence electrons. The first-order valence-electron chi connectivity index (χ1n) is 22.0. The number of imide groups is 1. The van der Waals surface area contributed by atoms with Gasteiger partial charge in [0.05, 0.1) is 49.1 Å².